The Morgan fingerprint density at radius 2 is 1.71 bits per heavy atom. The molecule has 0 saturated heterocycles. The van der Waals surface area contributed by atoms with E-state index in [4.69, 9.17) is 9.47 Å². The van der Waals surface area contributed by atoms with E-state index in [2.05, 4.69) is 15.0 Å². The van der Waals surface area contributed by atoms with Crippen molar-refractivity contribution in [2.75, 3.05) is 16.8 Å². The third-order valence-corrected chi connectivity index (χ3v) is 5.70. The lowest BCUT2D eigenvalue weighted by molar-refractivity contribution is 0.174. The quantitative estimate of drug-likeness (QED) is 0.655. The Labute approximate surface area is 163 Å². The molecule has 0 spiro atoms. The average molecular weight is 397 g/mol. The van der Waals surface area contributed by atoms with Crippen LogP contribution in [0.25, 0.3) is 0 Å². The molecule has 0 amide bonds. The number of hydrogen-bond donors (Lipinski definition) is 2. The topological polar surface area (TPSA) is 89.6 Å². The number of sulfonamides is 1. The van der Waals surface area contributed by atoms with Crippen LogP contribution in [0.1, 0.15) is 12.5 Å². The van der Waals surface area contributed by atoms with Crippen LogP contribution in [0.2, 0.25) is 0 Å². The van der Waals surface area contributed by atoms with E-state index in [-0.39, 0.29) is 11.7 Å². The molecular weight excluding hydrogens is 378 g/mol. The summed E-state index contributed by atoms with van der Waals surface area (Å²) in [6.45, 7) is 2.24. The number of hydrogen-bond acceptors (Lipinski definition) is 6. The molecule has 0 unspecified atom stereocenters. The molecule has 4 rings (SSSR count). The standard InChI is InChI=1S/C20H19N3O4S/c1-2-14-3-7-17(8-4-14)28(24,25)23-16-6-10-20(21-12-16)22-15-5-9-18-19(11-15)27-13-26-18/h3-12,23H,2,13H2,1H3,(H,21,22). The molecule has 7 nitrogen and oxygen atoms in total. The highest BCUT2D eigenvalue weighted by Gasteiger charge is 2.15. The summed E-state index contributed by atoms with van der Waals surface area (Å²) >= 11 is 0. The van der Waals surface area contributed by atoms with E-state index in [9.17, 15) is 8.42 Å². The summed E-state index contributed by atoms with van der Waals surface area (Å²) in [7, 11) is -3.66. The van der Waals surface area contributed by atoms with Gasteiger partial charge in [-0.2, -0.15) is 0 Å². The summed E-state index contributed by atoms with van der Waals surface area (Å²) in [5.74, 6) is 1.95. The van der Waals surface area contributed by atoms with Crippen LogP contribution in [-0.4, -0.2) is 20.2 Å². The number of aromatic nitrogens is 1. The van der Waals surface area contributed by atoms with Crippen LogP contribution in [-0.2, 0) is 16.4 Å². The molecule has 0 saturated carbocycles. The zero-order valence-corrected chi connectivity index (χ0v) is 16.0. The second kappa shape index (κ2) is 7.40. The van der Waals surface area contributed by atoms with Crippen molar-refractivity contribution in [3.8, 4) is 11.5 Å². The summed E-state index contributed by atoms with van der Waals surface area (Å²) in [5.41, 5.74) is 2.26. The number of rotatable bonds is 6. The second-order valence-corrected chi connectivity index (χ2v) is 7.91. The highest BCUT2D eigenvalue weighted by molar-refractivity contribution is 7.92. The summed E-state index contributed by atoms with van der Waals surface area (Å²) < 4.78 is 38.2. The third-order valence-electron chi connectivity index (χ3n) is 4.30. The van der Waals surface area contributed by atoms with Crippen molar-refractivity contribution in [3.63, 3.8) is 0 Å². The van der Waals surface area contributed by atoms with Crippen molar-refractivity contribution >= 4 is 27.2 Å². The van der Waals surface area contributed by atoms with Gasteiger partial charge in [-0.1, -0.05) is 19.1 Å². The minimum Gasteiger partial charge on any atom is -0.454 e. The Morgan fingerprint density at radius 1 is 0.964 bits per heavy atom. The van der Waals surface area contributed by atoms with Crippen LogP contribution in [0.4, 0.5) is 17.2 Å². The first-order valence-electron chi connectivity index (χ1n) is 8.78. The molecule has 2 N–H and O–H groups in total. The Balaban J connectivity index is 1.45. The average Bonchev–Trinajstić information content (AvgIpc) is 3.17. The highest BCUT2D eigenvalue weighted by Crippen LogP contribution is 2.35. The van der Waals surface area contributed by atoms with E-state index < -0.39 is 10.0 Å². The third kappa shape index (κ3) is 3.86. The number of nitrogens with zero attached hydrogens (tertiary/aromatic N) is 1. The van der Waals surface area contributed by atoms with E-state index in [0.717, 1.165) is 17.7 Å². The SMILES string of the molecule is CCc1ccc(S(=O)(=O)Nc2ccc(Nc3ccc4c(c3)OCO4)nc2)cc1. The van der Waals surface area contributed by atoms with Crippen LogP contribution in [0, 0.1) is 0 Å². The first-order valence-corrected chi connectivity index (χ1v) is 10.3. The molecule has 1 aliphatic heterocycles. The van der Waals surface area contributed by atoms with E-state index in [1.165, 1.54) is 6.20 Å². The van der Waals surface area contributed by atoms with E-state index in [1.807, 2.05) is 37.3 Å². The molecule has 0 fully saturated rings. The normalized spacial score (nSPS) is 12.6. The molecule has 1 aromatic heterocycles. The van der Waals surface area contributed by atoms with Gasteiger partial charge in [0.2, 0.25) is 6.79 Å². The molecule has 2 aromatic carbocycles. The summed E-state index contributed by atoms with van der Waals surface area (Å²) in [4.78, 5) is 4.48. The number of aryl methyl sites for hydroxylation is 1. The first kappa shape index (κ1) is 18.1. The van der Waals surface area contributed by atoms with E-state index in [1.54, 1.807) is 24.3 Å². The molecule has 0 bridgehead atoms. The fourth-order valence-corrected chi connectivity index (χ4v) is 3.81. The number of benzene rings is 2. The van der Waals surface area contributed by atoms with Crippen molar-refractivity contribution in [1.29, 1.82) is 0 Å². The number of fused-ring (bicyclic) bond motifs is 1. The van der Waals surface area contributed by atoms with Crippen molar-refractivity contribution in [2.24, 2.45) is 0 Å². The second-order valence-electron chi connectivity index (χ2n) is 6.23. The van der Waals surface area contributed by atoms with Crippen molar-refractivity contribution < 1.29 is 17.9 Å². The maximum Gasteiger partial charge on any atom is 0.261 e. The van der Waals surface area contributed by atoms with Crippen LogP contribution < -0.4 is 19.5 Å². The minimum atomic E-state index is -3.66. The smallest absolute Gasteiger partial charge is 0.261 e. The van der Waals surface area contributed by atoms with Gasteiger partial charge in [-0.15, -0.1) is 0 Å². The molecular formula is C20H19N3O4S. The fraction of sp³-hybridized carbons (Fsp3) is 0.150. The Kier molecular flexibility index (Phi) is 4.79. The summed E-state index contributed by atoms with van der Waals surface area (Å²) in [6.07, 6.45) is 2.32. The summed E-state index contributed by atoms with van der Waals surface area (Å²) in [5, 5.41) is 3.14. The van der Waals surface area contributed by atoms with Crippen LogP contribution in [0.5, 0.6) is 11.5 Å². The molecule has 0 atom stereocenters. The molecule has 28 heavy (non-hydrogen) atoms. The lowest BCUT2D eigenvalue weighted by Crippen LogP contribution is -2.13. The molecule has 0 aliphatic carbocycles. The Bertz CT molecular complexity index is 1080. The van der Waals surface area contributed by atoms with Crippen LogP contribution in [0.3, 0.4) is 0 Å². The highest BCUT2D eigenvalue weighted by atomic mass is 32.2. The van der Waals surface area contributed by atoms with E-state index >= 15 is 0 Å². The minimum absolute atomic E-state index is 0.215. The monoisotopic (exact) mass is 397 g/mol. The number of anilines is 3. The Hall–Kier alpha value is -3.26. The zero-order valence-electron chi connectivity index (χ0n) is 15.2. The van der Waals surface area contributed by atoms with Gasteiger partial charge in [0.1, 0.15) is 5.82 Å². The maximum absolute atomic E-state index is 12.5. The summed E-state index contributed by atoms with van der Waals surface area (Å²) in [6, 6.07) is 15.7. The van der Waals surface area contributed by atoms with Gasteiger partial charge in [0.05, 0.1) is 16.8 Å². The predicted molar refractivity (Wildman–Crippen MR) is 107 cm³/mol. The van der Waals surface area contributed by atoms with Crippen LogP contribution >= 0.6 is 0 Å². The van der Waals surface area contributed by atoms with Gasteiger partial charge in [0.15, 0.2) is 11.5 Å². The van der Waals surface area contributed by atoms with Gasteiger partial charge in [-0.05, 0) is 48.4 Å². The lowest BCUT2D eigenvalue weighted by atomic mass is 10.2. The van der Waals surface area contributed by atoms with Crippen molar-refractivity contribution in [3.05, 3.63) is 66.4 Å². The predicted octanol–water partition coefficient (Wildman–Crippen LogP) is 3.92. The number of ether oxygens (including phenoxy) is 2. The van der Waals surface area contributed by atoms with Crippen LogP contribution in [0.15, 0.2) is 65.7 Å². The Morgan fingerprint density at radius 3 is 2.43 bits per heavy atom. The van der Waals surface area contributed by atoms with Gasteiger partial charge >= 0.3 is 0 Å². The number of nitrogens with one attached hydrogen (secondary N) is 2. The van der Waals surface area contributed by atoms with Gasteiger partial charge in [0, 0.05) is 11.8 Å². The maximum atomic E-state index is 12.5. The molecule has 144 valence electrons. The fourth-order valence-electron chi connectivity index (χ4n) is 2.77. The van der Waals surface area contributed by atoms with Gasteiger partial charge in [-0.25, -0.2) is 13.4 Å². The largest absolute Gasteiger partial charge is 0.454 e. The molecule has 8 heteroatoms. The molecule has 2 heterocycles. The molecule has 0 radical (unpaired) electrons. The first-order chi connectivity index (χ1) is 13.5. The van der Waals surface area contributed by atoms with Crippen molar-refractivity contribution in [2.45, 2.75) is 18.2 Å². The molecule has 3 aromatic rings. The van der Waals surface area contributed by atoms with Gasteiger partial charge in [-0.3, -0.25) is 4.72 Å². The molecule has 1 aliphatic rings. The van der Waals surface area contributed by atoms with Gasteiger partial charge in [0.25, 0.3) is 10.0 Å². The van der Waals surface area contributed by atoms with E-state index in [0.29, 0.717) is 23.0 Å². The lowest BCUT2D eigenvalue weighted by Gasteiger charge is -2.10. The zero-order chi connectivity index (χ0) is 19.6. The number of pyridine rings is 1. The van der Waals surface area contributed by atoms with Crippen molar-refractivity contribution in [1.82, 2.24) is 4.98 Å². The van der Waals surface area contributed by atoms with Gasteiger partial charge < -0.3 is 14.8 Å².